The molecule has 6 heteroatoms. The number of aromatic carboxylic acids is 1. The number of carbonyl (C=O) groups excluding carboxylic acids is 1. The van der Waals surface area contributed by atoms with Crippen LogP contribution in [0.25, 0.3) is 0 Å². The average molecular weight is 328 g/mol. The van der Waals surface area contributed by atoms with Crippen LogP contribution in [0.5, 0.6) is 0 Å². The topological polar surface area (TPSA) is 74.0 Å². The van der Waals surface area contributed by atoms with Crippen LogP contribution in [0.1, 0.15) is 33.1 Å². The minimum Gasteiger partial charge on any atom is -0.475 e. The normalized spacial score (nSPS) is 15.9. The summed E-state index contributed by atoms with van der Waals surface area (Å²) in [5, 5.41) is 8.90. The third-order valence-corrected chi connectivity index (χ3v) is 4.15. The van der Waals surface area contributed by atoms with E-state index in [1.54, 1.807) is 6.07 Å². The van der Waals surface area contributed by atoms with Crippen LogP contribution in [-0.4, -0.2) is 53.0 Å². The van der Waals surface area contributed by atoms with Crippen LogP contribution in [-0.2, 0) is 6.54 Å². The van der Waals surface area contributed by atoms with Crippen LogP contribution < -0.4 is 0 Å². The fraction of sp³-hybridized carbons (Fsp3) is 0.333. The predicted molar refractivity (Wildman–Crippen MR) is 87.9 cm³/mol. The fourth-order valence-electron chi connectivity index (χ4n) is 2.89. The molecule has 1 aliphatic rings. The van der Waals surface area contributed by atoms with Crippen molar-refractivity contribution in [3.63, 3.8) is 0 Å². The van der Waals surface area contributed by atoms with Crippen molar-refractivity contribution in [2.24, 2.45) is 0 Å². The van der Waals surface area contributed by atoms with E-state index in [0.29, 0.717) is 24.4 Å². The van der Waals surface area contributed by atoms with Gasteiger partial charge in [0.05, 0.1) is 6.54 Å². The molecule has 126 valence electrons. The van der Waals surface area contributed by atoms with Crippen LogP contribution in [0, 0.1) is 0 Å². The molecule has 0 bridgehead atoms. The molecule has 1 amide bonds. The van der Waals surface area contributed by atoms with Gasteiger partial charge in [-0.25, -0.2) is 4.79 Å². The van der Waals surface area contributed by atoms with Gasteiger partial charge in [0.2, 0.25) is 5.76 Å². The number of amides is 1. The van der Waals surface area contributed by atoms with Gasteiger partial charge >= 0.3 is 5.97 Å². The van der Waals surface area contributed by atoms with Crippen molar-refractivity contribution in [2.45, 2.75) is 13.0 Å². The summed E-state index contributed by atoms with van der Waals surface area (Å²) < 4.78 is 5.31. The Kier molecular flexibility index (Phi) is 4.96. The monoisotopic (exact) mass is 328 g/mol. The first-order chi connectivity index (χ1) is 11.6. The van der Waals surface area contributed by atoms with Crippen molar-refractivity contribution in [3.05, 3.63) is 59.5 Å². The zero-order chi connectivity index (χ0) is 16.9. The number of hydrogen-bond acceptors (Lipinski definition) is 4. The molecule has 1 aromatic heterocycles. The molecule has 24 heavy (non-hydrogen) atoms. The average Bonchev–Trinajstić information content (AvgIpc) is 2.94. The molecule has 1 aromatic carbocycles. The van der Waals surface area contributed by atoms with Crippen LogP contribution >= 0.6 is 0 Å². The van der Waals surface area contributed by atoms with Gasteiger partial charge in [-0.2, -0.15) is 0 Å². The van der Waals surface area contributed by atoms with Crippen LogP contribution in [0.2, 0.25) is 0 Å². The molecule has 0 atom stereocenters. The Morgan fingerprint density at radius 3 is 2.50 bits per heavy atom. The minimum absolute atomic E-state index is 0.0410. The highest BCUT2D eigenvalue weighted by molar-refractivity contribution is 5.94. The lowest BCUT2D eigenvalue weighted by atomic mass is 10.2. The van der Waals surface area contributed by atoms with Crippen molar-refractivity contribution in [1.29, 1.82) is 0 Å². The molecular weight excluding hydrogens is 308 g/mol. The van der Waals surface area contributed by atoms with Crippen LogP contribution in [0.3, 0.4) is 0 Å². The van der Waals surface area contributed by atoms with Gasteiger partial charge in [-0.05, 0) is 30.7 Å². The van der Waals surface area contributed by atoms with Gasteiger partial charge in [-0.1, -0.05) is 18.2 Å². The smallest absolute Gasteiger partial charge is 0.371 e. The van der Waals surface area contributed by atoms with E-state index in [4.69, 9.17) is 9.52 Å². The summed E-state index contributed by atoms with van der Waals surface area (Å²) in [6, 6.07) is 12.5. The summed E-state index contributed by atoms with van der Waals surface area (Å²) in [6.45, 7) is 3.52. The van der Waals surface area contributed by atoms with E-state index in [0.717, 1.165) is 26.1 Å². The molecule has 6 nitrogen and oxygen atoms in total. The molecule has 1 N–H and O–H groups in total. The SMILES string of the molecule is O=C(O)c1ccc(CN2CCCN(C(=O)c3ccccc3)CC2)o1. The number of furan rings is 1. The molecule has 1 aliphatic heterocycles. The lowest BCUT2D eigenvalue weighted by Gasteiger charge is -2.21. The standard InChI is InChI=1S/C18H20N2O4/c21-17(14-5-2-1-3-6-14)20-10-4-9-19(11-12-20)13-15-7-8-16(24-15)18(22)23/h1-3,5-8H,4,9-13H2,(H,22,23). The van der Waals surface area contributed by atoms with E-state index in [1.807, 2.05) is 35.2 Å². The quantitative estimate of drug-likeness (QED) is 0.932. The second-order valence-electron chi connectivity index (χ2n) is 5.86. The number of carboxylic acids is 1. The van der Waals surface area contributed by atoms with Crippen molar-refractivity contribution in [2.75, 3.05) is 26.2 Å². The van der Waals surface area contributed by atoms with Crippen molar-refractivity contribution in [1.82, 2.24) is 9.80 Å². The molecule has 2 aromatic rings. The summed E-state index contributed by atoms with van der Waals surface area (Å²) in [4.78, 5) is 27.4. The van der Waals surface area contributed by atoms with E-state index in [9.17, 15) is 9.59 Å². The number of benzene rings is 1. The Bertz CT molecular complexity index is 711. The first kappa shape index (κ1) is 16.3. The van der Waals surface area contributed by atoms with Crippen molar-refractivity contribution in [3.8, 4) is 0 Å². The highest BCUT2D eigenvalue weighted by Crippen LogP contribution is 2.14. The summed E-state index contributed by atoms with van der Waals surface area (Å²) >= 11 is 0. The van der Waals surface area contributed by atoms with Crippen molar-refractivity contribution < 1.29 is 19.1 Å². The van der Waals surface area contributed by atoms with E-state index >= 15 is 0 Å². The van der Waals surface area contributed by atoms with E-state index in [2.05, 4.69) is 4.90 Å². The molecule has 1 saturated heterocycles. The summed E-state index contributed by atoms with van der Waals surface area (Å²) in [5.74, 6) is -0.406. The molecule has 0 radical (unpaired) electrons. The molecule has 3 rings (SSSR count). The zero-order valence-corrected chi connectivity index (χ0v) is 13.4. The van der Waals surface area contributed by atoms with Gasteiger partial charge in [0, 0.05) is 31.7 Å². The third-order valence-electron chi connectivity index (χ3n) is 4.15. The molecule has 2 heterocycles. The maximum atomic E-state index is 12.5. The van der Waals surface area contributed by atoms with E-state index in [1.165, 1.54) is 6.07 Å². The largest absolute Gasteiger partial charge is 0.475 e. The molecule has 0 aliphatic carbocycles. The van der Waals surface area contributed by atoms with Gasteiger partial charge in [-0.3, -0.25) is 9.69 Å². The van der Waals surface area contributed by atoms with E-state index < -0.39 is 5.97 Å². The van der Waals surface area contributed by atoms with Gasteiger partial charge in [0.25, 0.3) is 5.91 Å². The lowest BCUT2D eigenvalue weighted by Crippen LogP contribution is -2.35. The van der Waals surface area contributed by atoms with Crippen LogP contribution in [0.4, 0.5) is 0 Å². The number of hydrogen-bond donors (Lipinski definition) is 1. The number of carbonyl (C=O) groups is 2. The molecule has 0 spiro atoms. The summed E-state index contributed by atoms with van der Waals surface area (Å²) in [5.41, 5.74) is 0.711. The highest BCUT2D eigenvalue weighted by atomic mass is 16.4. The Morgan fingerprint density at radius 1 is 1.00 bits per heavy atom. The first-order valence-corrected chi connectivity index (χ1v) is 8.02. The number of rotatable bonds is 4. The third kappa shape index (κ3) is 3.83. The fourth-order valence-corrected chi connectivity index (χ4v) is 2.89. The molecule has 0 saturated carbocycles. The Morgan fingerprint density at radius 2 is 1.79 bits per heavy atom. The minimum atomic E-state index is -1.06. The maximum absolute atomic E-state index is 12.5. The summed E-state index contributed by atoms with van der Waals surface area (Å²) in [7, 11) is 0. The lowest BCUT2D eigenvalue weighted by molar-refractivity contribution is 0.0657. The van der Waals surface area contributed by atoms with Gasteiger partial charge in [-0.15, -0.1) is 0 Å². The Balaban J connectivity index is 1.58. The van der Waals surface area contributed by atoms with Gasteiger partial charge in [0.15, 0.2) is 0 Å². The van der Waals surface area contributed by atoms with E-state index in [-0.39, 0.29) is 11.7 Å². The summed E-state index contributed by atoms with van der Waals surface area (Å²) in [6.07, 6.45) is 0.880. The Labute approximate surface area is 140 Å². The second kappa shape index (κ2) is 7.31. The second-order valence-corrected chi connectivity index (χ2v) is 5.86. The zero-order valence-electron chi connectivity index (χ0n) is 13.4. The van der Waals surface area contributed by atoms with Crippen LogP contribution in [0.15, 0.2) is 46.9 Å². The van der Waals surface area contributed by atoms with Gasteiger partial charge in [0.1, 0.15) is 5.76 Å². The highest BCUT2D eigenvalue weighted by Gasteiger charge is 2.21. The molecular formula is C18H20N2O4. The predicted octanol–water partition coefficient (Wildman–Crippen LogP) is 2.33. The Hall–Kier alpha value is -2.60. The number of carboxylic acid groups (broad SMARTS) is 1. The van der Waals surface area contributed by atoms with Crippen molar-refractivity contribution >= 4 is 11.9 Å². The first-order valence-electron chi connectivity index (χ1n) is 8.02. The van der Waals surface area contributed by atoms with Gasteiger partial charge < -0.3 is 14.4 Å². The number of nitrogens with zero attached hydrogens (tertiary/aromatic N) is 2. The maximum Gasteiger partial charge on any atom is 0.371 e. The molecule has 1 fully saturated rings. The molecule has 0 unspecified atom stereocenters.